The number of carbonyl (C=O) groups excluding carboxylic acids is 1. The molecule has 5 nitrogen and oxygen atoms in total. The minimum Gasteiger partial charge on any atom is -0.488 e. The highest BCUT2D eigenvalue weighted by Gasteiger charge is 2.11. The molecule has 2 rings (SSSR count). The van der Waals surface area contributed by atoms with Crippen molar-refractivity contribution >= 4 is 5.91 Å². The molecule has 0 aliphatic rings. The maximum absolute atomic E-state index is 12.1. The van der Waals surface area contributed by atoms with E-state index in [9.17, 15) is 9.59 Å². The Morgan fingerprint density at radius 2 is 1.95 bits per heavy atom. The van der Waals surface area contributed by atoms with Crippen molar-refractivity contribution in [3.63, 3.8) is 0 Å². The van der Waals surface area contributed by atoms with Gasteiger partial charge in [0, 0.05) is 6.20 Å². The van der Waals surface area contributed by atoms with Crippen LogP contribution in [-0.2, 0) is 11.3 Å². The average Bonchev–Trinajstić information content (AvgIpc) is 2.52. The topological polar surface area (TPSA) is 60.3 Å². The molecule has 5 heteroatoms. The maximum Gasteiger partial charge on any atom is 0.293 e. The summed E-state index contributed by atoms with van der Waals surface area (Å²) in [4.78, 5) is 24.2. The summed E-state index contributed by atoms with van der Waals surface area (Å²) in [5.41, 5.74) is 0.720. The first kappa shape index (κ1) is 15.8. The van der Waals surface area contributed by atoms with E-state index in [1.165, 1.54) is 4.57 Å². The minimum absolute atomic E-state index is 0.0308. The second-order valence-corrected chi connectivity index (χ2v) is 4.94. The second-order valence-electron chi connectivity index (χ2n) is 4.94. The van der Waals surface area contributed by atoms with Gasteiger partial charge in [-0.2, -0.15) is 0 Å². The first-order valence-corrected chi connectivity index (χ1v) is 7.28. The standard InChI is InChI=1S/C17H20N2O3/c1-3-22-15-10-7-11-19(17(15)21)12-16(20)18-13(2)14-8-5-4-6-9-14/h4-11,13H,3,12H2,1-2H3,(H,18,20). The number of benzene rings is 1. The van der Waals surface area contributed by atoms with Gasteiger partial charge in [-0.05, 0) is 31.5 Å². The number of hydrogen-bond donors (Lipinski definition) is 1. The fourth-order valence-electron chi connectivity index (χ4n) is 2.17. The molecule has 116 valence electrons. The monoisotopic (exact) mass is 300 g/mol. The Kier molecular flexibility index (Phi) is 5.36. The van der Waals surface area contributed by atoms with Crippen molar-refractivity contribution in [3.05, 3.63) is 64.6 Å². The molecule has 1 aromatic heterocycles. The second kappa shape index (κ2) is 7.45. The quantitative estimate of drug-likeness (QED) is 0.889. The smallest absolute Gasteiger partial charge is 0.293 e. The fraction of sp³-hybridized carbons (Fsp3) is 0.294. The van der Waals surface area contributed by atoms with E-state index >= 15 is 0 Å². The van der Waals surface area contributed by atoms with Crippen molar-refractivity contribution < 1.29 is 9.53 Å². The Morgan fingerprint density at radius 1 is 1.23 bits per heavy atom. The lowest BCUT2D eigenvalue weighted by Crippen LogP contribution is -2.33. The number of aromatic nitrogens is 1. The van der Waals surface area contributed by atoms with E-state index < -0.39 is 0 Å². The zero-order valence-electron chi connectivity index (χ0n) is 12.8. The van der Waals surface area contributed by atoms with Crippen LogP contribution in [0, 0.1) is 0 Å². The molecule has 0 radical (unpaired) electrons. The summed E-state index contributed by atoms with van der Waals surface area (Å²) in [6.45, 7) is 4.10. The molecular weight excluding hydrogens is 280 g/mol. The van der Waals surface area contributed by atoms with Crippen molar-refractivity contribution in [2.45, 2.75) is 26.4 Å². The van der Waals surface area contributed by atoms with E-state index in [1.807, 2.05) is 44.2 Å². The molecule has 0 aliphatic carbocycles. The zero-order valence-corrected chi connectivity index (χ0v) is 12.8. The van der Waals surface area contributed by atoms with Crippen LogP contribution >= 0.6 is 0 Å². The number of nitrogens with one attached hydrogen (secondary N) is 1. The predicted octanol–water partition coefficient (Wildman–Crippen LogP) is 2.12. The number of ether oxygens (including phenoxy) is 1. The Morgan fingerprint density at radius 3 is 2.64 bits per heavy atom. The molecule has 1 aromatic carbocycles. The lowest BCUT2D eigenvalue weighted by molar-refractivity contribution is -0.122. The van der Waals surface area contributed by atoms with Gasteiger partial charge in [-0.15, -0.1) is 0 Å². The molecule has 0 saturated heterocycles. The number of nitrogens with zero attached hydrogens (tertiary/aromatic N) is 1. The highest BCUT2D eigenvalue weighted by molar-refractivity contribution is 5.76. The lowest BCUT2D eigenvalue weighted by Gasteiger charge is -2.15. The Labute approximate surface area is 129 Å². The summed E-state index contributed by atoms with van der Waals surface area (Å²) in [6.07, 6.45) is 1.58. The van der Waals surface area contributed by atoms with Crippen molar-refractivity contribution in [1.82, 2.24) is 9.88 Å². The maximum atomic E-state index is 12.1. The highest BCUT2D eigenvalue weighted by Crippen LogP contribution is 2.10. The SMILES string of the molecule is CCOc1cccn(CC(=O)NC(C)c2ccccc2)c1=O. The van der Waals surface area contributed by atoms with E-state index in [0.29, 0.717) is 6.61 Å². The third kappa shape index (κ3) is 3.97. The van der Waals surface area contributed by atoms with Crippen LogP contribution in [0.4, 0.5) is 0 Å². The number of hydrogen-bond acceptors (Lipinski definition) is 3. The zero-order chi connectivity index (χ0) is 15.9. The third-order valence-electron chi connectivity index (χ3n) is 3.28. The number of rotatable bonds is 6. The van der Waals surface area contributed by atoms with Gasteiger partial charge in [-0.1, -0.05) is 30.3 Å². The van der Waals surface area contributed by atoms with Gasteiger partial charge in [-0.25, -0.2) is 0 Å². The van der Waals surface area contributed by atoms with Crippen molar-refractivity contribution in [3.8, 4) is 5.75 Å². The largest absolute Gasteiger partial charge is 0.488 e. The first-order valence-electron chi connectivity index (χ1n) is 7.28. The molecule has 1 N–H and O–H groups in total. The predicted molar refractivity (Wildman–Crippen MR) is 84.9 cm³/mol. The normalized spacial score (nSPS) is 11.7. The summed E-state index contributed by atoms with van der Waals surface area (Å²) in [6, 6.07) is 12.9. The van der Waals surface area contributed by atoms with Crippen LogP contribution in [0.5, 0.6) is 5.75 Å². The van der Waals surface area contributed by atoms with Crippen LogP contribution in [0.25, 0.3) is 0 Å². The molecule has 0 saturated carbocycles. The molecule has 1 atom stereocenters. The van der Waals surface area contributed by atoms with E-state index in [4.69, 9.17) is 4.74 Å². The van der Waals surface area contributed by atoms with Gasteiger partial charge < -0.3 is 14.6 Å². The van der Waals surface area contributed by atoms with E-state index in [1.54, 1.807) is 18.3 Å². The molecule has 0 spiro atoms. The number of carbonyl (C=O) groups is 1. The van der Waals surface area contributed by atoms with Gasteiger partial charge in [0.25, 0.3) is 5.56 Å². The van der Waals surface area contributed by atoms with Crippen molar-refractivity contribution in [1.29, 1.82) is 0 Å². The summed E-state index contributed by atoms with van der Waals surface area (Å²) < 4.78 is 6.59. The number of amides is 1. The Hall–Kier alpha value is -2.56. The van der Waals surface area contributed by atoms with Crippen LogP contribution in [0.15, 0.2) is 53.5 Å². The average molecular weight is 300 g/mol. The third-order valence-corrected chi connectivity index (χ3v) is 3.28. The first-order chi connectivity index (χ1) is 10.6. The minimum atomic E-state index is -0.299. The highest BCUT2D eigenvalue weighted by atomic mass is 16.5. The molecule has 1 unspecified atom stereocenters. The molecule has 1 heterocycles. The summed E-state index contributed by atoms with van der Waals surface area (Å²) in [7, 11) is 0. The lowest BCUT2D eigenvalue weighted by atomic mass is 10.1. The molecular formula is C17H20N2O3. The molecule has 1 amide bonds. The summed E-state index contributed by atoms with van der Waals surface area (Å²) >= 11 is 0. The molecule has 22 heavy (non-hydrogen) atoms. The van der Waals surface area contributed by atoms with Crippen LogP contribution in [0.3, 0.4) is 0 Å². The van der Waals surface area contributed by atoms with Gasteiger partial charge >= 0.3 is 0 Å². The van der Waals surface area contributed by atoms with Gasteiger partial charge in [-0.3, -0.25) is 9.59 Å². The van der Waals surface area contributed by atoms with Gasteiger partial charge in [0.05, 0.1) is 12.6 Å². The van der Waals surface area contributed by atoms with Crippen LogP contribution < -0.4 is 15.6 Å². The molecule has 0 aliphatic heterocycles. The fourth-order valence-corrected chi connectivity index (χ4v) is 2.17. The van der Waals surface area contributed by atoms with Gasteiger partial charge in [0.15, 0.2) is 5.75 Å². The van der Waals surface area contributed by atoms with Crippen LogP contribution in [-0.4, -0.2) is 17.1 Å². The van der Waals surface area contributed by atoms with Crippen LogP contribution in [0.1, 0.15) is 25.5 Å². The molecule has 0 bridgehead atoms. The van der Waals surface area contributed by atoms with E-state index in [-0.39, 0.29) is 29.8 Å². The summed E-state index contributed by atoms with van der Waals surface area (Å²) in [5, 5.41) is 2.88. The van der Waals surface area contributed by atoms with Crippen molar-refractivity contribution in [2.75, 3.05) is 6.61 Å². The molecule has 0 fully saturated rings. The molecule has 2 aromatic rings. The van der Waals surface area contributed by atoms with E-state index in [2.05, 4.69) is 5.32 Å². The van der Waals surface area contributed by atoms with Gasteiger partial charge in [0.2, 0.25) is 5.91 Å². The number of pyridine rings is 1. The Bertz CT molecular complexity index is 680. The van der Waals surface area contributed by atoms with Crippen LogP contribution in [0.2, 0.25) is 0 Å². The van der Waals surface area contributed by atoms with Gasteiger partial charge in [0.1, 0.15) is 6.54 Å². The van der Waals surface area contributed by atoms with Crippen molar-refractivity contribution in [2.24, 2.45) is 0 Å². The summed E-state index contributed by atoms with van der Waals surface area (Å²) in [5.74, 6) is 0.0426. The Balaban J connectivity index is 2.03. The van der Waals surface area contributed by atoms with E-state index in [0.717, 1.165) is 5.56 Å².